The zero-order chi connectivity index (χ0) is 20.1. The highest BCUT2D eigenvalue weighted by Crippen LogP contribution is 2.23. The zero-order valence-electron chi connectivity index (χ0n) is 16.6. The number of hydrogen-bond acceptors (Lipinski definition) is 4. The van der Waals surface area contributed by atoms with E-state index >= 15 is 0 Å². The van der Waals surface area contributed by atoms with Crippen molar-refractivity contribution in [2.24, 2.45) is 0 Å². The van der Waals surface area contributed by atoms with Crippen LogP contribution in [0.3, 0.4) is 0 Å². The van der Waals surface area contributed by atoms with Crippen LogP contribution in [0.1, 0.15) is 22.3 Å². The SMILES string of the molecule is Cc1ccc(Cn2cc(CNCCS(C)(=O)=O)c(-c3ccc(C)cc3)n2)cc1. The van der Waals surface area contributed by atoms with E-state index in [2.05, 4.69) is 67.7 Å². The van der Waals surface area contributed by atoms with Gasteiger partial charge >= 0.3 is 0 Å². The number of aromatic nitrogens is 2. The molecule has 1 heterocycles. The van der Waals surface area contributed by atoms with Gasteiger partial charge in [0.2, 0.25) is 0 Å². The molecule has 0 amide bonds. The van der Waals surface area contributed by atoms with E-state index in [0.29, 0.717) is 19.6 Å². The fourth-order valence-corrected chi connectivity index (χ4v) is 3.50. The van der Waals surface area contributed by atoms with Crippen LogP contribution in [0.2, 0.25) is 0 Å². The molecule has 0 radical (unpaired) electrons. The van der Waals surface area contributed by atoms with Gasteiger partial charge in [-0.2, -0.15) is 5.10 Å². The lowest BCUT2D eigenvalue weighted by molar-refractivity contribution is 0.596. The number of aryl methyl sites for hydroxylation is 2. The van der Waals surface area contributed by atoms with Gasteiger partial charge in [-0.15, -0.1) is 0 Å². The van der Waals surface area contributed by atoms with Crippen LogP contribution in [-0.4, -0.2) is 36.8 Å². The third-order valence-corrected chi connectivity index (χ3v) is 5.54. The van der Waals surface area contributed by atoms with Gasteiger partial charge in [-0.25, -0.2) is 8.42 Å². The standard InChI is InChI=1S/C22H27N3O2S/c1-17-4-8-19(9-5-17)15-25-16-21(14-23-12-13-28(3,26)27)22(24-25)20-10-6-18(2)7-11-20/h4-11,16,23H,12-15H2,1-3H3. The largest absolute Gasteiger partial charge is 0.312 e. The lowest BCUT2D eigenvalue weighted by atomic mass is 10.1. The van der Waals surface area contributed by atoms with E-state index < -0.39 is 9.84 Å². The summed E-state index contributed by atoms with van der Waals surface area (Å²) in [6, 6.07) is 16.8. The Bertz CT molecular complexity index is 1020. The number of nitrogens with one attached hydrogen (secondary N) is 1. The van der Waals surface area contributed by atoms with Gasteiger partial charge < -0.3 is 5.32 Å². The molecule has 0 aliphatic rings. The highest BCUT2D eigenvalue weighted by Gasteiger charge is 2.12. The van der Waals surface area contributed by atoms with Crippen LogP contribution >= 0.6 is 0 Å². The first-order chi connectivity index (χ1) is 13.3. The van der Waals surface area contributed by atoms with E-state index in [1.54, 1.807) is 0 Å². The molecular formula is C22H27N3O2S. The van der Waals surface area contributed by atoms with E-state index in [-0.39, 0.29) is 5.75 Å². The molecule has 28 heavy (non-hydrogen) atoms. The van der Waals surface area contributed by atoms with Gasteiger partial charge in [0.05, 0.1) is 18.0 Å². The van der Waals surface area contributed by atoms with Crippen LogP contribution in [0.4, 0.5) is 0 Å². The highest BCUT2D eigenvalue weighted by molar-refractivity contribution is 7.90. The van der Waals surface area contributed by atoms with Crippen LogP contribution in [0.5, 0.6) is 0 Å². The van der Waals surface area contributed by atoms with Crippen LogP contribution in [0, 0.1) is 13.8 Å². The molecular weight excluding hydrogens is 370 g/mol. The third-order valence-electron chi connectivity index (χ3n) is 4.59. The van der Waals surface area contributed by atoms with E-state index in [4.69, 9.17) is 5.10 Å². The van der Waals surface area contributed by atoms with Gasteiger partial charge in [-0.3, -0.25) is 4.68 Å². The summed E-state index contributed by atoms with van der Waals surface area (Å²) in [7, 11) is -2.97. The summed E-state index contributed by atoms with van der Waals surface area (Å²) in [5, 5.41) is 8.05. The molecule has 148 valence electrons. The van der Waals surface area contributed by atoms with Gasteiger partial charge in [0.25, 0.3) is 0 Å². The second-order valence-corrected chi connectivity index (χ2v) is 9.62. The van der Waals surface area contributed by atoms with Crippen molar-refractivity contribution in [2.45, 2.75) is 26.9 Å². The summed E-state index contributed by atoms with van der Waals surface area (Å²) in [5.74, 6) is 0.129. The molecule has 2 aromatic carbocycles. The molecule has 5 nitrogen and oxygen atoms in total. The Hall–Kier alpha value is -2.44. The molecule has 0 aliphatic carbocycles. The number of sulfone groups is 1. The molecule has 0 saturated carbocycles. The molecule has 1 aromatic heterocycles. The minimum Gasteiger partial charge on any atom is -0.312 e. The summed E-state index contributed by atoms with van der Waals surface area (Å²) in [6.45, 7) is 5.84. The molecule has 0 unspecified atom stereocenters. The predicted molar refractivity (Wildman–Crippen MR) is 114 cm³/mol. The lowest BCUT2D eigenvalue weighted by Crippen LogP contribution is -2.22. The summed E-state index contributed by atoms with van der Waals surface area (Å²) in [6.07, 6.45) is 3.30. The summed E-state index contributed by atoms with van der Waals surface area (Å²) in [4.78, 5) is 0. The maximum atomic E-state index is 11.3. The molecule has 3 aromatic rings. The molecule has 6 heteroatoms. The maximum Gasteiger partial charge on any atom is 0.148 e. The Labute approximate surface area is 167 Å². The van der Waals surface area contributed by atoms with Crippen molar-refractivity contribution < 1.29 is 8.42 Å². The van der Waals surface area contributed by atoms with E-state index in [0.717, 1.165) is 16.8 Å². The van der Waals surface area contributed by atoms with Crippen molar-refractivity contribution in [1.29, 1.82) is 0 Å². The monoisotopic (exact) mass is 397 g/mol. The number of nitrogens with zero attached hydrogens (tertiary/aromatic N) is 2. The molecule has 0 atom stereocenters. The predicted octanol–water partition coefficient (Wildman–Crippen LogP) is 3.35. The molecule has 3 rings (SSSR count). The van der Waals surface area contributed by atoms with Gasteiger partial charge in [0.1, 0.15) is 9.84 Å². The van der Waals surface area contributed by atoms with Crippen molar-refractivity contribution in [3.63, 3.8) is 0 Å². The van der Waals surface area contributed by atoms with Gasteiger partial charge in [0.15, 0.2) is 0 Å². The minimum atomic E-state index is -2.97. The average Bonchev–Trinajstić information content (AvgIpc) is 3.03. The van der Waals surface area contributed by atoms with Crippen molar-refractivity contribution >= 4 is 9.84 Å². The van der Waals surface area contributed by atoms with Crippen molar-refractivity contribution in [3.8, 4) is 11.3 Å². The second-order valence-electron chi connectivity index (χ2n) is 7.36. The minimum absolute atomic E-state index is 0.129. The quantitative estimate of drug-likeness (QED) is 0.592. The lowest BCUT2D eigenvalue weighted by Gasteiger charge is -2.05. The van der Waals surface area contributed by atoms with E-state index in [1.165, 1.54) is 22.9 Å². The van der Waals surface area contributed by atoms with Crippen LogP contribution in [0.15, 0.2) is 54.7 Å². The van der Waals surface area contributed by atoms with Crippen molar-refractivity contribution in [1.82, 2.24) is 15.1 Å². The number of benzene rings is 2. The Morgan fingerprint density at radius 1 is 0.964 bits per heavy atom. The number of hydrogen-bond donors (Lipinski definition) is 1. The number of rotatable bonds is 8. The van der Waals surface area contributed by atoms with Crippen LogP contribution < -0.4 is 5.32 Å². The van der Waals surface area contributed by atoms with Crippen LogP contribution in [0.25, 0.3) is 11.3 Å². The summed E-state index contributed by atoms with van der Waals surface area (Å²) < 4.78 is 24.6. The molecule has 0 aliphatic heterocycles. The van der Waals surface area contributed by atoms with E-state index in [1.807, 2.05) is 10.9 Å². The van der Waals surface area contributed by atoms with Crippen LogP contribution in [-0.2, 0) is 22.9 Å². The smallest absolute Gasteiger partial charge is 0.148 e. The molecule has 0 spiro atoms. The highest BCUT2D eigenvalue weighted by atomic mass is 32.2. The Kier molecular flexibility index (Phi) is 6.31. The molecule has 0 saturated heterocycles. The topological polar surface area (TPSA) is 64.0 Å². The van der Waals surface area contributed by atoms with Gasteiger partial charge in [-0.1, -0.05) is 59.7 Å². The Morgan fingerprint density at radius 2 is 1.57 bits per heavy atom. The van der Waals surface area contributed by atoms with Crippen molar-refractivity contribution in [2.75, 3.05) is 18.6 Å². The molecule has 0 bridgehead atoms. The fraction of sp³-hybridized carbons (Fsp3) is 0.318. The average molecular weight is 398 g/mol. The molecule has 0 fully saturated rings. The zero-order valence-corrected chi connectivity index (χ0v) is 17.5. The van der Waals surface area contributed by atoms with Gasteiger partial charge in [0, 0.05) is 36.7 Å². The second kappa shape index (κ2) is 8.71. The third kappa shape index (κ3) is 5.78. The summed E-state index contributed by atoms with van der Waals surface area (Å²) in [5.41, 5.74) is 6.69. The Balaban J connectivity index is 1.81. The Morgan fingerprint density at radius 3 is 2.18 bits per heavy atom. The summed E-state index contributed by atoms with van der Waals surface area (Å²) >= 11 is 0. The molecule has 1 N–H and O–H groups in total. The van der Waals surface area contributed by atoms with Gasteiger partial charge in [-0.05, 0) is 19.4 Å². The first kappa shape index (κ1) is 20.3. The van der Waals surface area contributed by atoms with E-state index in [9.17, 15) is 8.42 Å². The first-order valence-electron chi connectivity index (χ1n) is 9.37. The van der Waals surface area contributed by atoms with Crippen molar-refractivity contribution in [3.05, 3.63) is 77.0 Å². The maximum absolute atomic E-state index is 11.3. The first-order valence-corrected chi connectivity index (χ1v) is 11.4. The fourth-order valence-electron chi connectivity index (χ4n) is 2.99. The normalized spacial score (nSPS) is 11.7.